The minimum atomic E-state index is -0.708. The number of nitrogens with one attached hydrogen (secondary N) is 2. The summed E-state index contributed by atoms with van der Waals surface area (Å²) in [7, 11) is 1.54. The van der Waals surface area contributed by atoms with E-state index in [2.05, 4.69) is 15.5 Å². The van der Waals surface area contributed by atoms with Crippen molar-refractivity contribution in [1.82, 2.24) is 10.6 Å². The summed E-state index contributed by atoms with van der Waals surface area (Å²) in [5.41, 5.74) is 2.28. The van der Waals surface area contributed by atoms with Gasteiger partial charge in [0.15, 0.2) is 0 Å². The Balaban J connectivity index is 1.44. The number of hydrogen-bond donors (Lipinski definition) is 3. The summed E-state index contributed by atoms with van der Waals surface area (Å²) < 4.78 is 18.8. The maximum absolute atomic E-state index is 13.6. The van der Waals surface area contributed by atoms with Crippen LogP contribution in [0.2, 0.25) is 0 Å². The van der Waals surface area contributed by atoms with Gasteiger partial charge < -0.3 is 25.4 Å². The molecule has 1 fully saturated rings. The van der Waals surface area contributed by atoms with Crippen LogP contribution in [0, 0.1) is 11.7 Å². The molecule has 4 rings (SSSR count). The molecule has 1 unspecified atom stereocenters. The minimum absolute atomic E-state index is 0.237. The smallest absolute Gasteiger partial charge is 0.252 e. The van der Waals surface area contributed by atoms with Gasteiger partial charge in [-0.15, -0.1) is 0 Å². The zero-order valence-corrected chi connectivity index (χ0v) is 20.8. The third-order valence-electron chi connectivity index (χ3n) is 7.29. The lowest BCUT2D eigenvalue weighted by atomic mass is 9.84. The second kappa shape index (κ2) is 12.2. The molecule has 1 heterocycles. The summed E-state index contributed by atoms with van der Waals surface area (Å²) in [6.45, 7) is 0.864. The summed E-state index contributed by atoms with van der Waals surface area (Å²) in [4.78, 5) is 28.5. The molecule has 0 bridgehead atoms. The topological polar surface area (TPSA) is 90.9 Å². The van der Waals surface area contributed by atoms with Gasteiger partial charge in [0.2, 0.25) is 5.91 Å². The monoisotopic (exact) mass is 497 g/mol. The number of fused-ring (bicyclic) bond motifs is 1. The van der Waals surface area contributed by atoms with Crippen LogP contribution in [0.3, 0.4) is 0 Å². The molecule has 1 aliphatic heterocycles. The molecule has 0 aromatic heterocycles. The van der Waals surface area contributed by atoms with Crippen LogP contribution < -0.4 is 20.3 Å². The number of benzene rings is 2. The van der Waals surface area contributed by atoms with Gasteiger partial charge >= 0.3 is 0 Å². The number of anilines is 1. The van der Waals surface area contributed by atoms with E-state index < -0.39 is 12.1 Å². The zero-order chi connectivity index (χ0) is 25.5. The molecule has 2 amide bonds. The number of ether oxygens (including phenoxy) is 1. The standard InChI is InChI=1S/C28H36FN3O4/c1-36-24-9-5-8-21(16-24)27(34)31-25(14-19-6-3-2-4-7-19)28(35)30-23(18-33)17-32-13-12-20-15-22(29)10-11-26(20)32/h5,8-11,15-16,19,23,25,33H,2-4,6-7,12-14,17-18H2,1H3,(H,30,35)(H,31,34)/t23-,25?/m0/s1. The van der Waals surface area contributed by atoms with Gasteiger partial charge in [-0.2, -0.15) is 0 Å². The van der Waals surface area contributed by atoms with Crippen molar-refractivity contribution in [3.8, 4) is 5.75 Å². The van der Waals surface area contributed by atoms with Crippen LogP contribution in [-0.2, 0) is 11.2 Å². The number of methoxy groups -OCH3 is 1. The van der Waals surface area contributed by atoms with E-state index in [0.29, 0.717) is 36.7 Å². The summed E-state index contributed by atoms with van der Waals surface area (Å²) >= 11 is 0. The van der Waals surface area contributed by atoms with E-state index in [1.807, 2.05) is 0 Å². The molecule has 1 aliphatic carbocycles. The quantitative estimate of drug-likeness (QED) is 0.468. The van der Waals surface area contributed by atoms with Gasteiger partial charge in [0.05, 0.1) is 19.8 Å². The summed E-state index contributed by atoms with van der Waals surface area (Å²) in [6, 6.07) is 10.3. The number of amides is 2. The number of hydrogen-bond acceptors (Lipinski definition) is 5. The van der Waals surface area contributed by atoms with Crippen molar-refractivity contribution in [2.24, 2.45) is 5.92 Å². The molecule has 0 radical (unpaired) electrons. The molecule has 1 saturated carbocycles. The first-order valence-electron chi connectivity index (χ1n) is 12.9. The fourth-order valence-corrected chi connectivity index (χ4v) is 5.34. The fraction of sp³-hybridized carbons (Fsp3) is 0.500. The molecule has 7 nitrogen and oxygen atoms in total. The lowest BCUT2D eigenvalue weighted by Crippen LogP contribution is -2.53. The van der Waals surface area contributed by atoms with Gasteiger partial charge in [-0.05, 0) is 60.7 Å². The molecule has 0 saturated heterocycles. The Morgan fingerprint density at radius 1 is 1.14 bits per heavy atom. The van der Waals surface area contributed by atoms with E-state index in [-0.39, 0.29) is 24.2 Å². The summed E-state index contributed by atoms with van der Waals surface area (Å²) in [6.07, 6.45) is 6.85. The van der Waals surface area contributed by atoms with Crippen molar-refractivity contribution in [3.63, 3.8) is 0 Å². The summed E-state index contributed by atoms with van der Waals surface area (Å²) in [5, 5.41) is 15.9. The van der Waals surface area contributed by atoms with Crippen LogP contribution in [0.15, 0.2) is 42.5 Å². The highest BCUT2D eigenvalue weighted by Crippen LogP contribution is 2.29. The van der Waals surface area contributed by atoms with Gasteiger partial charge in [-0.3, -0.25) is 9.59 Å². The normalized spacial score (nSPS) is 17.2. The molecular formula is C28H36FN3O4. The van der Waals surface area contributed by atoms with E-state index in [0.717, 1.165) is 43.4 Å². The minimum Gasteiger partial charge on any atom is -0.497 e. The van der Waals surface area contributed by atoms with Crippen molar-refractivity contribution in [2.75, 3.05) is 31.7 Å². The predicted molar refractivity (Wildman–Crippen MR) is 137 cm³/mol. The molecule has 8 heteroatoms. The molecule has 0 spiro atoms. The molecule has 3 N–H and O–H groups in total. The Kier molecular flexibility index (Phi) is 8.80. The Morgan fingerprint density at radius 2 is 1.94 bits per heavy atom. The lowest BCUT2D eigenvalue weighted by molar-refractivity contribution is -0.124. The van der Waals surface area contributed by atoms with E-state index >= 15 is 0 Å². The number of halogens is 1. The SMILES string of the molecule is COc1cccc(C(=O)NC(CC2CCCCC2)C(=O)N[C@H](CO)CN2CCc3cc(F)ccc32)c1. The van der Waals surface area contributed by atoms with E-state index in [1.165, 1.54) is 18.6 Å². The van der Waals surface area contributed by atoms with Crippen molar-refractivity contribution in [1.29, 1.82) is 0 Å². The van der Waals surface area contributed by atoms with Crippen LogP contribution in [0.25, 0.3) is 0 Å². The van der Waals surface area contributed by atoms with Crippen LogP contribution >= 0.6 is 0 Å². The van der Waals surface area contributed by atoms with Crippen molar-refractivity contribution in [2.45, 2.75) is 57.0 Å². The number of carbonyl (C=O) groups is 2. The molecule has 36 heavy (non-hydrogen) atoms. The third-order valence-corrected chi connectivity index (χ3v) is 7.29. The number of aliphatic hydroxyl groups is 1. The molecule has 2 aromatic carbocycles. The number of rotatable bonds is 10. The molecule has 194 valence electrons. The van der Waals surface area contributed by atoms with E-state index in [9.17, 15) is 19.1 Å². The Labute approximate surface area is 212 Å². The number of carbonyl (C=O) groups excluding carboxylic acids is 2. The van der Waals surface area contributed by atoms with Gasteiger partial charge in [-0.25, -0.2) is 4.39 Å². The van der Waals surface area contributed by atoms with Crippen molar-refractivity contribution in [3.05, 3.63) is 59.4 Å². The average molecular weight is 498 g/mol. The number of aliphatic hydroxyl groups excluding tert-OH is 1. The van der Waals surface area contributed by atoms with E-state index in [4.69, 9.17) is 4.74 Å². The van der Waals surface area contributed by atoms with Crippen molar-refractivity contribution < 1.29 is 23.8 Å². The largest absolute Gasteiger partial charge is 0.497 e. The predicted octanol–water partition coefficient (Wildman–Crippen LogP) is 3.44. The van der Waals surface area contributed by atoms with Gasteiger partial charge in [0, 0.05) is 24.3 Å². The first-order chi connectivity index (χ1) is 17.5. The highest BCUT2D eigenvalue weighted by atomic mass is 19.1. The Hall–Kier alpha value is -3.13. The third kappa shape index (κ3) is 6.55. The Morgan fingerprint density at radius 3 is 2.69 bits per heavy atom. The number of nitrogens with zero attached hydrogens (tertiary/aromatic N) is 1. The van der Waals surface area contributed by atoms with E-state index in [1.54, 1.807) is 37.4 Å². The maximum atomic E-state index is 13.6. The van der Waals surface area contributed by atoms with Crippen LogP contribution in [0.4, 0.5) is 10.1 Å². The Bertz CT molecular complexity index is 1060. The maximum Gasteiger partial charge on any atom is 0.252 e. The molecule has 2 aliphatic rings. The van der Waals surface area contributed by atoms with Crippen molar-refractivity contribution >= 4 is 17.5 Å². The summed E-state index contributed by atoms with van der Waals surface area (Å²) in [5.74, 6) is 0.0466. The fourth-order valence-electron chi connectivity index (χ4n) is 5.34. The van der Waals surface area contributed by atoms with Crippen LogP contribution in [-0.4, -0.2) is 55.8 Å². The van der Waals surface area contributed by atoms with Gasteiger partial charge in [0.1, 0.15) is 17.6 Å². The molecular weight excluding hydrogens is 461 g/mol. The molecule has 2 aromatic rings. The zero-order valence-electron chi connectivity index (χ0n) is 20.8. The van der Waals surface area contributed by atoms with Crippen LogP contribution in [0.1, 0.15) is 54.4 Å². The molecule has 2 atom stereocenters. The van der Waals surface area contributed by atoms with Crippen LogP contribution in [0.5, 0.6) is 5.75 Å². The first-order valence-corrected chi connectivity index (χ1v) is 12.9. The average Bonchev–Trinajstić information content (AvgIpc) is 3.29. The second-order valence-electron chi connectivity index (χ2n) is 9.85. The first kappa shape index (κ1) is 25.9. The van der Waals surface area contributed by atoms with Gasteiger partial charge in [0.25, 0.3) is 5.91 Å². The highest BCUT2D eigenvalue weighted by Gasteiger charge is 2.29. The van der Waals surface area contributed by atoms with Gasteiger partial charge in [-0.1, -0.05) is 38.2 Å². The lowest BCUT2D eigenvalue weighted by Gasteiger charge is -2.30. The second-order valence-corrected chi connectivity index (χ2v) is 9.85. The highest BCUT2D eigenvalue weighted by molar-refractivity contribution is 5.97.